The van der Waals surface area contributed by atoms with Gasteiger partial charge in [-0.2, -0.15) is 4.31 Å². The molecule has 2 heterocycles. The molecule has 0 aromatic carbocycles. The van der Waals surface area contributed by atoms with Crippen LogP contribution in [-0.4, -0.2) is 57.9 Å². The Hall–Kier alpha value is -0.670. The van der Waals surface area contributed by atoms with Crippen molar-refractivity contribution >= 4 is 38.9 Å². The Bertz CT molecular complexity index is 637. The lowest BCUT2D eigenvalue weighted by molar-refractivity contribution is -0.895. The minimum atomic E-state index is -3.46. The molecule has 1 amide bonds. The Morgan fingerprint density at radius 2 is 2.04 bits per heavy atom. The van der Waals surface area contributed by atoms with Gasteiger partial charge in [-0.15, -0.1) is 11.3 Å². The quantitative estimate of drug-likeness (QED) is 0.733. The van der Waals surface area contributed by atoms with Gasteiger partial charge >= 0.3 is 0 Å². The predicted octanol–water partition coefficient (Wildman–Crippen LogP) is 0.0629. The first-order valence-corrected chi connectivity index (χ1v) is 10.3. The highest BCUT2D eigenvalue weighted by Crippen LogP contribution is 2.27. The number of carbonyl (C=O) groups excluding carboxylic acids is 1. The van der Waals surface area contributed by atoms with Gasteiger partial charge in [0.05, 0.1) is 30.5 Å². The van der Waals surface area contributed by atoms with Crippen LogP contribution in [0.3, 0.4) is 0 Å². The van der Waals surface area contributed by atoms with E-state index in [1.54, 1.807) is 12.1 Å². The van der Waals surface area contributed by atoms with Crippen molar-refractivity contribution in [3.05, 3.63) is 16.5 Å². The number of hydrogen-bond donors (Lipinski definition) is 2. The van der Waals surface area contributed by atoms with Crippen LogP contribution in [0.1, 0.15) is 13.8 Å². The van der Waals surface area contributed by atoms with Crippen molar-refractivity contribution in [2.75, 3.05) is 39.3 Å². The van der Waals surface area contributed by atoms with Gasteiger partial charge in [0.15, 0.2) is 6.54 Å². The molecule has 130 valence electrons. The van der Waals surface area contributed by atoms with Crippen LogP contribution in [0, 0.1) is 5.92 Å². The zero-order chi connectivity index (χ0) is 17.0. The summed E-state index contributed by atoms with van der Waals surface area (Å²) in [6.07, 6.45) is 0. The van der Waals surface area contributed by atoms with E-state index in [1.165, 1.54) is 4.31 Å². The molecule has 2 N–H and O–H groups in total. The predicted molar refractivity (Wildman–Crippen MR) is 91.5 cm³/mol. The molecule has 23 heavy (non-hydrogen) atoms. The van der Waals surface area contributed by atoms with Gasteiger partial charge in [-0.1, -0.05) is 25.4 Å². The van der Waals surface area contributed by atoms with Crippen LogP contribution in [-0.2, 0) is 14.8 Å². The molecule has 1 aromatic rings. The van der Waals surface area contributed by atoms with Gasteiger partial charge in [0.1, 0.15) is 4.21 Å². The second-order valence-electron chi connectivity index (χ2n) is 6.09. The topological polar surface area (TPSA) is 70.9 Å². The van der Waals surface area contributed by atoms with E-state index in [9.17, 15) is 13.2 Å². The van der Waals surface area contributed by atoms with Crippen LogP contribution in [0.2, 0.25) is 4.34 Å². The molecule has 1 aliphatic heterocycles. The maximum Gasteiger partial charge on any atom is 0.275 e. The van der Waals surface area contributed by atoms with Gasteiger partial charge in [0.2, 0.25) is 0 Å². The standard InChI is InChI=1S/C14H22ClN3O3S2/c1-11(2)9-16-13(19)10-17-5-7-18(8-6-17)23(20,21)14-4-3-12(15)22-14/h3-4,11H,5-10H2,1-2H3,(H,16,19)/p+1. The Morgan fingerprint density at radius 3 is 2.57 bits per heavy atom. The minimum Gasteiger partial charge on any atom is -0.351 e. The van der Waals surface area contributed by atoms with Crippen molar-refractivity contribution in [1.29, 1.82) is 0 Å². The Kier molecular flexibility index (Phi) is 6.44. The van der Waals surface area contributed by atoms with Crippen LogP contribution < -0.4 is 10.2 Å². The number of rotatable bonds is 6. The van der Waals surface area contributed by atoms with E-state index < -0.39 is 10.0 Å². The van der Waals surface area contributed by atoms with E-state index in [1.807, 2.05) is 13.8 Å². The highest BCUT2D eigenvalue weighted by Gasteiger charge is 2.32. The maximum atomic E-state index is 12.5. The molecule has 0 saturated carbocycles. The second kappa shape index (κ2) is 7.94. The fourth-order valence-electron chi connectivity index (χ4n) is 2.39. The van der Waals surface area contributed by atoms with Crippen LogP contribution in [0.5, 0.6) is 0 Å². The number of hydrogen-bond acceptors (Lipinski definition) is 4. The van der Waals surface area contributed by atoms with E-state index in [4.69, 9.17) is 11.6 Å². The molecule has 9 heteroatoms. The SMILES string of the molecule is CC(C)CNC(=O)C[NH+]1CCN(S(=O)(=O)c2ccc(Cl)s2)CC1. The Labute approximate surface area is 146 Å². The minimum absolute atomic E-state index is 0.0232. The molecule has 1 aromatic heterocycles. The molecule has 0 spiro atoms. The summed E-state index contributed by atoms with van der Waals surface area (Å²) in [5, 5.41) is 2.89. The first-order chi connectivity index (χ1) is 10.8. The van der Waals surface area contributed by atoms with Crippen molar-refractivity contribution < 1.29 is 18.1 Å². The van der Waals surface area contributed by atoms with Gasteiger partial charge in [0, 0.05) is 6.54 Å². The smallest absolute Gasteiger partial charge is 0.275 e. The third kappa shape index (κ3) is 5.15. The van der Waals surface area contributed by atoms with E-state index in [0.717, 1.165) is 16.2 Å². The number of nitrogens with zero attached hydrogens (tertiary/aromatic N) is 1. The summed E-state index contributed by atoms with van der Waals surface area (Å²) in [5.74, 6) is 0.448. The molecule has 0 atom stereocenters. The number of thiophene rings is 1. The first kappa shape index (κ1) is 18.7. The van der Waals surface area contributed by atoms with E-state index in [2.05, 4.69) is 5.32 Å². The van der Waals surface area contributed by atoms with Crippen molar-refractivity contribution in [3.8, 4) is 0 Å². The molecule has 0 aliphatic carbocycles. The molecule has 1 saturated heterocycles. The maximum absolute atomic E-state index is 12.5. The zero-order valence-corrected chi connectivity index (χ0v) is 15.7. The molecule has 0 bridgehead atoms. The van der Waals surface area contributed by atoms with Crippen LogP contribution in [0.15, 0.2) is 16.3 Å². The monoisotopic (exact) mass is 380 g/mol. The molecule has 0 unspecified atom stereocenters. The van der Waals surface area contributed by atoms with Crippen LogP contribution in [0.4, 0.5) is 0 Å². The lowest BCUT2D eigenvalue weighted by Crippen LogP contribution is -3.15. The lowest BCUT2D eigenvalue weighted by Gasteiger charge is -2.30. The van der Waals surface area contributed by atoms with E-state index in [0.29, 0.717) is 49.5 Å². The van der Waals surface area contributed by atoms with Gasteiger partial charge in [0.25, 0.3) is 15.9 Å². The highest BCUT2D eigenvalue weighted by molar-refractivity contribution is 7.91. The third-order valence-electron chi connectivity index (χ3n) is 3.69. The number of amides is 1. The molecule has 0 radical (unpaired) electrons. The normalized spacial score (nSPS) is 17.6. The number of quaternary nitrogens is 1. The largest absolute Gasteiger partial charge is 0.351 e. The van der Waals surface area contributed by atoms with Crippen LogP contribution in [0.25, 0.3) is 0 Å². The van der Waals surface area contributed by atoms with Crippen molar-refractivity contribution in [1.82, 2.24) is 9.62 Å². The van der Waals surface area contributed by atoms with Crippen molar-refractivity contribution in [3.63, 3.8) is 0 Å². The third-order valence-corrected chi connectivity index (χ3v) is 7.29. The van der Waals surface area contributed by atoms with Gasteiger partial charge in [-0.05, 0) is 18.1 Å². The summed E-state index contributed by atoms with van der Waals surface area (Å²) in [6, 6.07) is 3.14. The van der Waals surface area contributed by atoms with Gasteiger partial charge < -0.3 is 10.2 Å². The summed E-state index contributed by atoms with van der Waals surface area (Å²) >= 11 is 6.90. The van der Waals surface area contributed by atoms with Gasteiger partial charge in [-0.3, -0.25) is 4.79 Å². The molecular formula is C14H23ClN3O3S2+. The van der Waals surface area contributed by atoms with Crippen molar-refractivity contribution in [2.24, 2.45) is 5.92 Å². The second-order valence-corrected chi connectivity index (χ2v) is 9.97. The summed E-state index contributed by atoms with van der Waals surface area (Å²) < 4.78 is 27.2. The van der Waals surface area contributed by atoms with Crippen molar-refractivity contribution in [2.45, 2.75) is 18.1 Å². The molecular weight excluding hydrogens is 358 g/mol. The fourth-order valence-corrected chi connectivity index (χ4v) is 5.47. The van der Waals surface area contributed by atoms with Gasteiger partial charge in [-0.25, -0.2) is 8.42 Å². The molecule has 6 nitrogen and oxygen atoms in total. The number of sulfonamides is 1. The lowest BCUT2D eigenvalue weighted by atomic mass is 10.2. The first-order valence-electron chi connectivity index (χ1n) is 7.65. The molecule has 1 aliphatic rings. The number of carbonyl (C=O) groups is 1. The molecule has 2 rings (SSSR count). The summed E-state index contributed by atoms with van der Waals surface area (Å²) in [5.41, 5.74) is 0. The number of halogens is 1. The number of piperazine rings is 1. The highest BCUT2D eigenvalue weighted by atomic mass is 35.5. The summed E-state index contributed by atoms with van der Waals surface area (Å²) in [7, 11) is -3.46. The summed E-state index contributed by atoms with van der Waals surface area (Å²) in [6.45, 7) is 7.27. The Balaban J connectivity index is 1.85. The number of nitrogens with one attached hydrogen (secondary N) is 2. The fraction of sp³-hybridized carbons (Fsp3) is 0.643. The Morgan fingerprint density at radius 1 is 1.39 bits per heavy atom. The van der Waals surface area contributed by atoms with E-state index >= 15 is 0 Å². The van der Waals surface area contributed by atoms with E-state index in [-0.39, 0.29) is 10.1 Å². The average Bonchev–Trinajstić information content (AvgIpc) is 2.93. The summed E-state index contributed by atoms with van der Waals surface area (Å²) in [4.78, 5) is 13.0. The van der Waals surface area contributed by atoms with Crippen LogP contribution >= 0.6 is 22.9 Å². The molecule has 1 fully saturated rings. The zero-order valence-electron chi connectivity index (χ0n) is 13.3. The average molecular weight is 381 g/mol.